The van der Waals surface area contributed by atoms with Gasteiger partial charge >= 0.3 is 0 Å². The van der Waals surface area contributed by atoms with Gasteiger partial charge < -0.3 is 10.6 Å². The smallest absolute Gasteiger partial charge is 0.170 e. The van der Waals surface area contributed by atoms with Gasteiger partial charge in [-0.3, -0.25) is 4.68 Å². The number of aryl methyl sites for hydroxylation is 2. The van der Waals surface area contributed by atoms with Crippen LogP contribution < -0.4 is 10.6 Å². The molecule has 0 saturated carbocycles. The molecular weight excluding hydrogens is 220 g/mol. The number of nitrogens with one attached hydrogen (secondary N) is 2. The zero-order valence-electron chi connectivity index (χ0n) is 10.6. The zero-order valence-corrected chi connectivity index (χ0v) is 11.4. The average molecular weight is 240 g/mol. The van der Waals surface area contributed by atoms with Crippen molar-refractivity contribution in [2.45, 2.75) is 27.7 Å². The van der Waals surface area contributed by atoms with Crippen LogP contribution in [0.5, 0.6) is 0 Å². The van der Waals surface area contributed by atoms with E-state index in [9.17, 15) is 0 Å². The summed E-state index contributed by atoms with van der Waals surface area (Å²) in [5.41, 5.74) is 3.06. The Bertz CT molecular complexity index is 382. The average Bonchev–Trinajstić information content (AvgIpc) is 2.42. The van der Waals surface area contributed by atoms with Crippen molar-refractivity contribution < 1.29 is 0 Å². The van der Waals surface area contributed by atoms with E-state index in [1.54, 1.807) is 0 Å². The fourth-order valence-corrected chi connectivity index (χ4v) is 1.59. The first-order valence-corrected chi connectivity index (χ1v) is 5.87. The van der Waals surface area contributed by atoms with E-state index in [0.717, 1.165) is 23.6 Å². The van der Waals surface area contributed by atoms with Gasteiger partial charge in [0.15, 0.2) is 5.11 Å². The standard InChI is InChI=1S/C11H20N4S/c1-7(2)6-12-11(16)13-10-8(3)14-15(5)9(10)4/h7H,6H2,1-5H3,(H2,12,13,16). The number of aromatic nitrogens is 2. The van der Waals surface area contributed by atoms with Gasteiger partial charge in [-0.15, -0.1) is 0 Å². The highest BCUT2D eigenvalue weighted by atomic mass is 32.1. The molecule has 0 radical (unpaired) electrons. The SMILES string of the molecule is Cc1nn(C)c(C)c1NC(=S)NCC(C)C. The summed E-state index contributed by atoms with van der Waals surface area (Å²) in [7, 11) is 1.93. The first kappa shape index (κ1) is 13.0. The van der Waals surface area contributed by atoms with Crippen molar-refractivity contribution in [3.63, 3.8) is 0 Å². The predicted octanol–water partition coefficient (Wildman–Crippen LogP) is 1.98. The van der Waals surface area contributed by atoms with Gasteiger partial charge in [0.1, 0.15) is 0 Å². The first-order valence-electron chi connectivity index (χ1n) is 5.47. The van der Waals surface area contributed by atoms with E-state index in [1.807, 2.05) is 25.6 Å². The Morgan fingerprint density at radius 3 is 2.50 bits per heavy atom. The summed E-state index contributed by atoms with van der Waals surface area (Å²) in [5, 5.41) is 11.4. The third-order valence-corrected chi connectivity index (χ3v) is 2.66. The second-order valence-corrected chi connectivity index (χ2v) is 4.81. The quantitative estimate of drug-likeness (QED) is 0.793. The molecular formula is C11H20N4S. The van der Waals surface area contributed by atoms with Crippen LogP contribution in [0.15, 0.2) is 0 Å². The van der Waals surface area contributed by atoms with E-state index >= 15 is 0 Å². The largest absolute Gasteiger partial charge is 0.362 e. The van der Waals surface area contributed by atoms with Crippen molar-refractivity contribution in [3.05, 3.63) is 11.4 Å². The van der Waals surface area contributed by atoms with E-state index in [0.29, 0.717) is 11.0 Å². The van der Waals surface area contributed by atoms with Crippen LogP contribution in [-0.4, -0.2) is 21.4 Å². The lowest BCUT2D eigenvalue weighted by atomic mass is 10.2. The van der Waals surface area contributed by atoms with Crippen LogP contribution in [-0.2, 0) is 7.05 Å². The highest BCUT2D eigenvalue weighted by molar-refractivity contribution is 7.80. The number of thiocarbonyl (C=S) groups is 1. The number of anilines is 1. The Morgan fingerprint density at radius 1 is 1.44 bits per heavy atom. The van der Waals surface area contributed by atoms with Crippen molar-refractivity contribution in [3.8, 4) is 0 Å². The Hall–Kier alpha value is -1.10. The number of hydrogen-bond donors (Lipinski definition) is 2. The summed E-state index contributed by atoms with van der Waals surface area (Å²) in [6, 6.07) is 0. The van der Waals surface area contributed by atoms with Gasteiger partial charge in [0, 0.05) is 13.6 Å². The summed E-state index contributed by atoms with van der Waals surface area (Å²) >= 11 is 5.22. The lowest BCUT2D eigenvalue weighted by Crippen LogP contribution is -2.31. The monoisotopic (exact) mass is 240 g/mol. The third-order valence-electron chi connectivity index (χ3n) is 2.42. The number of hydrogen-bond acceptors (Lipinski definition) is 2. The molecule has 0 aliphatic carbocycles. The van der Waals surface area contributed by atoms with Crippen LogP contribution in [0.1, 0.15) is 25.2 Å². The molecule has 5 heteroatoms. The molecule has 0 aromatic carbocycles. The van der Waals surface area contributed by atoms with E-state index in [-0.39, 0.29) is 0 Å². The van der Waals surface area contributed by atoms with Crippen molar-refractivity contribution >= 4 is 23.0 Å². The van der Waals surface area contributed by atoms with Crippen LogP contribution in [0.2, 0.25) is 0 Å². The molecule has 0 saturated heterocycles. The molecule has 0 unspecified atom stereocenters. The molecule has 0 atom stereocenters. The Kier molecular flexibility index (Phi) is 4.29. The molecule has 16 heavy (non-hydrogen) atoms. The normalized spacial score (nSPS) is 10.6. The van der Waals surface area contributed by atoms with Gasteiger partial charge in [0.2, 0.25) is 0 Å². The Balaban J connectivity index is 2.63. The second-order valence-electron chi connectivity index (χ2n) is 4.40. The zero-order chi connectivity index (χ0) is 12.3. The van der Waals surface area contributed by atoms with Crippen molar-refractivity contribution in [1.29, 1.82) is 0 Å². The minimum atomic E-state index is 0.579. The van der Waals surface area contributed by atoms with E-state index in [2.05, 4.69) is 29.6 Å². The van der Waals surface area contributed by atoms with Crippen LogP contribution >= 0.6 is 12.2 Å². The van der Waals surface area contributed by atoms with Crippen molar-refractivity contribution in [2.24, 2.45) is 13.0 Å². The fraction of sp³-hybridized carbons (Fsp3) is 0.636. The highest BCUT2D eigenvalue weighted by Crippen LogP contribution is 2.17. The van der Waals surface area contributed by atoms with Crippen LogP contribution in [0.3, 0.4) is 0 Å². The molecule has 1 heterocycles. The molecule has 0 fully saturated rings. The van der Waals surface area contributed by atoms with E-state index in [1.165, 1.54) is 0 Å². The van der Waals surface area contributed by atoms with Crippen LogP contribution in [0.25, 0.3) is 0 Å². The van der Waals surface area contributed by atoms with Gasteiger partial charge in [-0.25, -0.2) is 0 Å². The lowest BCUT2D eigenvalue weighted by Gasteiger charge is -2.12. The van der Waals surface area contributed by atoms with E-state index in [4.69, 9.17) is 12.2 Å². The molecule has 1 aromatic heterocycles. The van der Waals surface area contributed by atoms with Crippen LogP contribution in [0.4, 0.5) is 5.69 Å². The molecule has 90 valence electrons. The molecule has 4 nitrogen and oxygen atoms in total. The van der Waals surface area contributed by atoms with Gasteiger partial charge in [-0.2, -0.15) is 5.10 Å². The van der Waals surface area contributed by atoms with Crippen LogP contribution in [0, 0.1) is 19.8 Å². The molecule has 0 aliphatic rings. The van der Waals surface area contributed by atoms with E-state index < -0.39 is 0 Å². The summed E-state index contributed by atoms with van der Waals surface area (Å²) in [4.78, 5) is 0. The number of rotatable bonds is 3. The minimum Gasteiger partial charge on any atom is -0.362 e. The maximum absolute atomic E-state index is 5.22. The third kappa shape index (κ3) is 3.20. The molecule has 0 bridgehead atoms. The van der Waals surface area contributed by atoms with Gasteiger partial charge in [-0.05, 0) is 32.0 Å². The molecule has 1 aromatic rings. The van der Waals surface area contributed by atoms with Gasteiger partial charge in [-0.1, -0.05) is 13.8 Å². The van der Waals surface area contributed by atoms with Crippen molar-refractivity contribution in [2.75, 3.05) is 11.9 Å². The molecule has 0 spiro atoms. The maximum atomic E-state index is 5.22. The highest BCUT2D eigenvalue weighted by Gasteiger charge is 2.10. The lowest BCUT2D eigenvalue weighted by molar-refractivity contribution is 0.627. The summed E-state index contributed by atoms with van der Waals surface area (Å²) in [5.74, 6) is 0.579. The molecule has 1 rings (SSSR count). The molecule has 0 amide bonds. The summed E-state index contributed by atoms with van der Waals surface area (Å²) in [6.07, 6.45) is 0. The fourth-order valence-electron chi connectivity index (χ4n) is 1.41. The topological polar surface area (TPSA) is 41.9 Å². The maximum Gasteiger partial charge on any atom is 0.170 e. The molecule has 0 aliphatic heterocycles. The van der Waals surface area contributed by atoms with Gasteiger partial charge in [0.25, 0.3) is 0 Å². The molecule has 2 N–H and O–H groups in total. The summed E-state index contributed by atoms with van der Waals surface area (Å²) in [6.45, 7) is 9.17. The number of nitrogens with zero attached hydrogens (tertiary/aromatic N) is 2. The Morgan fingerprint density at radius 2 is 2.06 bits per heavy atom. The first-order chi connectivity index (χ1) is 7.41. The Labute approximate surface area is 102 Å². The predicted molar refractivity (Wildman–Crippen MR) is 71.7 cm³/mol. The van der Waals surface area contributed by atoms with Gasteiger partial charge in [0.05, 0.1) is 17.1 Å². The summed E-state index contributed by atoms with van der Waals surface area (Å²) < 4.78 is 1.85. The van der Waals surface area contributed by atoms with Crippen molar-refractivity contribution in [1.82, 2.24) is 15.1 Å². The minimum absolute atomic E-state index is 0.579. The second kappa shape index (κ2) is 5.30.